The van der Waals surface area contributed by atoms with Crippen molar-refractivity contribution in [2.24, 2.45) is 0 Å². The fourth-order valence-electron chi connectivity index (χ4n) is 2.58. The van der Waals surface area contributed by atoms with Crippen molar-refractivity contribution < 1.29 is 9.59 Å². The van der Waals surface area contributed by atoms with Gasteiger partial charge in [0, 0.05) is 17.6 Å². The van der Waals surface area contributed by atoms with Gasteiger partial charge in [-0.05, 0) is 23.9 Å². The van der Waals surface area contributed by atoms with Gasteiger partial charge in [0.25, 0.3) is 11.8 Å². The van der Waals surface area contributed by atoms with Gasteiger partial charge in [-0.2, -0.15) is 0 Å². The number of unbranched alkanes of at least 4 members (excludes halogenated alkanes) is 1. The molecule has 0 aliphatic carbocycles. The summed E-state index contributed by atoms with van der Waals surface area (Å²) in [7, 11) is 0. The molecule has 0 bridgehead atoms. The first-order chi connectivity index (χ1) is 9.72. The molecule has 4 heteroatoms. The van der Waals surface area contributed by atoms with Crippen molar-refractivity contribution in [1.82, 2.24) is 5.32 Å². The van der Waals surface area contributed by atoms with Crippen LogP contribution < -0.4 is 10.6 Å². The van der Waals surface area contributed by atoms with Gasteiger partial charge in [0.1, 0.15) is 0 Å². The predicted molar refractivity (Wildman–Crippen MR) is 79.1 cm³/mol. The van der Waals surface area contributed by atoms with Crippen LogP contribution in [-0.2, 0) is 0 Å². The highest BCUT2D eigenvalue weighted by atomic mass is 16.2. The minimum atomic E-state index is -0.309. The summed E-state index contributed by atoms with van der Waals surface area (Å²) in [5, 5.41) is 7.54. The van der Waals surface area contributed by atoms with Crippen molar-refractivity contribution in [2.45, 2.75) is 19.8 Å². The van der Waals surface area contributed by atoms with Crippen LogP contribution in [0.2, 0.25) is 0 Å². The maximum Gasteiger partial charge on any atom is 0.259 e. The molecular weight excluding hydrogens is 252 g/mol. The normalized spacial score (nSPS) is 13.4. The molecule has 2 aromatic carbocycles. The maximum atomic E-state index is 11.9. The third-order valence-corrected chi connectivity index (χ3v) is 3.61. The van der Waals surface area contributed by atoms with Gasteiger partial charge >= 0.3 is 0 Å². The topological polar surface area (TPSA) is 58.2 Å². The Balaban J connectivity index is 2.11. The molecule has 1 aliphatic rings. The Morgan fingerprint density at radius 1 is 1.05 bits per heavy atom. The van der Waals surface area contributed by atoms with Crippen molar-refractivity contribution in [1.29, 1.82) is 0 Å². The number of hydrogen-bond acceptors (Lipinski definition) is 3. The van der Waals surface area contributed by atoms with Crippen LogP contribution in [0.5, 0.6) is 0 Å². The molecule has 0 unspecified atom stereocenters. The molecule has 2 N–H and O–H groups in total. The van der Waals surface area contributed by atoms with Crippen LogP contribution in [0.1, 0.15) is 40.5 Å². The van der Waals surface area contributed by atoms with E-state index in [1.54, 1.807) is 6.07 Å². The molecule has 102 valence electrons. The van der Waals surface area contributed by atoms with E-state index >= 15 is 0 Å². The van der Waals surface area contributed by atoms with E-state index in [2.05, 4.69) is 17.6 Å². The third kappa shape index (κ3) is 1.93. The summed E-state index contributed by atoms with van der Waals surface area (Å²) < 4.78 is 0. The molecule has 0 fully saturated rings. The van der Waals surface area contributed by atoms with Crippen molar-refractivity contribution in [3.8, 4) is 0 Å². The summed E-state index contributed by atoms with van der Waals surface area (Å²) in [4.78, 5) is 23.6. The first-order valence-corrected chi connectivity index (χ1v) is 6.87. The summed E-state index contributed by atoms with van der Waals surface area (Å²) in [5.74, 6) is -0.613. The zero-order valence-electron chi connectivity index (χ0n) is 11.3. The third-order valence-electron chi connectivity index (χ3n) is 3.61. The van der Waals surface area contributed by atoms with Crippen molar-refractivity contribution in [2.75, 3.05) is 11.9 Å². The summed E-state index contributed by atoms with van der Waals surface area (Å²) in [6, 6.07) is 9.42. The minimum absolute atomic E-state index is 0.304. The van der Waals surface area contributed by atoms with Crippen LogP contribution in [-0.4, -0.2) is 18.4 Å². The smallest absolute Gasteiger partial charge is 0.259 e. The number of rotatable bonds is 4. The van der Waals surface area contributed by atoms with E-state index in [-0.39, 0.29) is 11.8 Å². The van der Waals surface area contributed by atoms with Crippen LogP contribution in [0.3, 0.4) is 0 Å². The molecule has 3 rings (SSSR count). The Kier molecular flexibility index (Phi) is 3.14. The Labute approximate surface area is 117 Å². The fourth-order valence-corrected chi connectivity index (χ4v) is 2.58. The van der Waals surface area contributed by atoms with Gasteiger partial charge in [-0.25, -0.2) is 0 Å². The Morgan fingerprint density at radius 3 is 2.70 bits per heavy atom. The molecule has 0 saturated heterocycles. The van der Waals surface area contributed by atoms with Crippen molar-refractivity contribution in [3.05, 3.63) is 41.5 Å². The van der Waals surface area contributed by atoms with Gasteiger partial charge in [0.05, 0.1) is 11.1 Å². The molecule has 4 nitrogen and oxygen atoms in total. The minimum Gasteiger partial charge on any atom is -0.385 e. The van der Waals surface area contributed by atoms with E-state index in [1.165, 1.54) is 0 Å². The molecule has 2 aromatic rings. The monoisotopic (exact) mass is 268 g/mol. The number of benzene rings is 2. The average Bonchev–Trinajstić information content (AvgIpc) is 2.74. The number of carbonyl (C=O) groups excluding carboxylic acids is 2. The molecule has 0 saturated carbocycles. The number of fused-ring (bicyclic) bond motifs is 3. The highest BCUT2D eigenvalue weighted by Gasteiger charge is 2.28. The van der Waals surface area contributed by atoms with Crippen LogP contribution in [0.15, 0.2) is 30.3 Å². The quantitative estimate of drug-likeness (QED) is 0.662. The number of carbonyl (C=O) groups is 2. The van der Waals surface area contributed by atoms with Crippen molar-refractivity contribution in [3.63, 3.8) is 0 Å². The highest BCUT2D eigenvalue weighted by molar-refractivity contribution is 6.27. The molecule has 0 spiro atoms. The summed E-state index contributed by atoms with van der Waals surface area (Å²) in [6.45, 7) is 3.05. The molecule has 20 heavy (non-hydrogen) atoms. The summed E-state index contributed by atoms with van der Waals surface area (Å²) in [6.07, 6.45) is 2.23. The molecular formula is C16H16N2O2. The van der Waals surface area contributed by atoms with Gasteiger partial charge in [-0.3, -0.25) is 14.9 Å². The van der Waals surface area contributed by atoms with E-state index in [0.717, 1.165) is 35.8 Å². The molecule has 1 aliphatic heterocycles. The van der Waals surface area contributed by atoms with Gasteiger partial charge in [-0.1, -0.05) is 31.5 Å². The lowest BCUT2D eigenvalue weighted by atomic mass is 9.99. The van der Waals surface area contributed by atoms with Gasteiger partial charge in [-0.15, -0.1) is 0 Å². The number of nitrogens with one attached hydrogen (secondary N) is 2. The van der Waals surface area contributed by atoms with E-state index in [1.807, 2.05) is 24.3 Å². The molecule has 0 aromatic heterocycles. The highest BCUT2D eigenvalue weighted by Crippen LogP contribution is 2.30. The number of imide groups is 1. The lowest BCUT2D eigenvalue weighted by Gasteiger charge is -2.10. The second-order valence-electron chi connectivity index (χ2n) is 4.95. The first-order valence-electron chi connectivity index (χ1n) is 6.87. The largest absolute Gasteiger partial charge is 0.385 e. The van der Waals surface area contributed by atoms with E-state index in [9.17, 15) is 9.59 Å². The summed E-state index contributed by atoms with van der Waals surface area (Å²) in [5.41, 5.74) is 1.96. The van der Waals surface area contributed by atoms with Gasteiger partial charge < -0.3 is 5.32 Å². The molecule has 0 atom stereocenters. The second kappa shape index (κ2) is 4.96. The van der Waals surface area contributed by atoms with Crippen LogP contribution in [0.25, 0.3) is 10.8 Å². The average molecular weight is 268 g/mol. The number of amides is 2. The summed E-state index contributed by atoms with van der Waals surface area (Å²) >= 11 is 0. The van der Waals surface area contributed by atoms with Crippen LogP contribution in [0.4, 0.5) is 5.69 Å². The fraction of sp³-hybridized carbons (Fsp3) is 0.250. The van der Waals surface area contributed by atoms with E-state index < -0.39 is 0 Å². The zero-order valence-corrected chi connectivity index (χ0v) is 11.3. The Hall–Kier alpha value is -2.36. The van der Waals surface area contributed by atoms with Gasteiger partial charge in [0.2, 0.25) is 0 Å². The van der Waals surface area contributed by atoms with Crippen LogP contribution in [0, 0.1) is 0 Å². The Bertz CT molecular complexity index is 707. The number of hydrogen-bond donors (Lipinski definition) is 2. The number of anilines is 1. The molecule has 0 radical (unpaired) electrons. The molecule has 1 heterocycles. The van der Waals surface area contributed by atoms with E-state index in [0.29, 0.717) is 11.1 Å². The Morgan fingerprint density at radius 2 is 1.90 bits per heavy atom. The molecule has 2 amide bonds. The first kappa shape index (κ1) is 12.7. The SMILES string of the molecule is CCCCNc1cccc2c3c(ccc12)C(=O)NC3=O. The zero-order chi connectivity index (χ0) is 14.1. The van der Waals surface area contributed by atoms with Crippen LogP contribution >= 0.6 is 0 Å². The predicted octanol–water partition coefficient (Wildman–Crippen LogP) is 2.94. The maximum absolute atomic E-state index is 11.9. The van der Waals surface area contributed by atoms with E-state index in [4.69, 9.17) is 0 Å². The van der Waals surface area contributed by atoms with Crippen molar-refractivity contribution >= 4 is 28.3 Å². The standard InChI is InChI=1S/C16H16N2O2/c1-2-3-9-17-13-6-4-5-11-10(13)7-8-12-14(11)16(20)18-15(12)19/h4-8,17H,2-3,9H2,1H3,(H,18,19,20). The lowest BCUT2D eigenvalue weighted by molar-refractivity contribution is 0.0880. The lowest BCUT2D eigenvalue weighted by Crippen LogP contribution is -2.19. The second-order valence-corrected chi connectivity index (χ2v) is 4.95. The van der Waals surface area contributed by atoms with Gasteiger partial charge in [0.15, 0.2) is 0 Å².